The summed E-state index contributed by atoms with van der Waals surface area (Å²) in [5, 5.41) is 5.36. The van der Waals surface area contributed by atoms with Gasteiger partial charge < -0.3 is 11.1 Å². The van der Waals surface area contributed by atoms with Crippen molar-refractivity contribution < 1.29 is 9.59 Å². The molecular weight excluding hydrogens is 256 g/mol. The van der Waals surface area contributed by atoms with Gasteiger partial charge in [0.1, 0.15) is 5.82 Å². The van der Waals surface area contributed by atoms with Crippen LogP contribution >= 0.6 is 0 Å². The van der Waals surface area contributed by atoms with E-state index in [4.69, 9.17) is 5.73 Å². The van der Waals surface area contributed by atoms with Gasteiger partial charge in [0.2, 0.25) is 0 Å². The van der Waals surface area contributed by atoms with E-state index >= 15 is 0 Å². The van der Waals surface area contributed by atoms with Gasteiger partial charge in [-0.2, -0.15) is 0 Å². The van der Waals surface area contributed by atoms with Crippen molar-refractivity contribution in [1.29, 1.82) is 0 Å². The molecule has 2 amide bonds. The molecule has 20 heavy (non-hydrogen) atoms. The maximum atomic E-state index is 11.6. The van der Waals surface area contributed by atoms with Crippen molar-refractivity contribution in [3.05, 3.63) is 47.2 Å². The second-order valence-electron chi connectivity index (χ2n) is 4.60. The van der Waals surface area contributed by atoms with Crippen molar-refractivity contribution in [2.45, 2.75) is 6.92 Å². The van der Waals surface area contributed by atoms with Crippen molar-refractivity contribution >= 4 is 29.0 Å². The Morgan fingerprint density at radius 3 is 2.65 bits per heavy atom. The molecule has 0 fully saturated rings. The largest absolute Gasteiger partial charge is 0.397 e. The topological polar surface area (TPSA) is 97.1 Å². The molecule has 0 unspecified atom stereocenters. The van der Waals surface area contributed by atoms with Crippen molar-refractivity contribution in [2.24, 2.45) is 0 Å². The van der Waals surface area contributed by atoms with Crippen molar-refractivity contribution in [3.63, 3.8) is 0 Å². The van der Waals surface area contributed by atoms with E-state index in [1.165, 1.54) is 0 Å². The fraction of sp³-hybridized carbons (Fsp3) is 0.0714. The van der Waals surface area contributed by atoms with Crippen LogP contribution in [0.3, 0.4) is 0 Å². The maximum absolute atomic E-state index is 11.6. The highest BCUT2D eigenvalue weighted by Gasteiger charge is 2.26. The highest BCUT2D eigenvalue weighted by atomic mass is 16.2. The van der Waals surface area contributed by atoms with E-state index in [2.05, 4.69) is 15.6 Å². The Morgan fingerprint density at radius 2 is 1.90 bits per heavy atom. The van der Waals surface area contributed by atoms with E-state index in [0.29, 0.717) is 28.3 Å². The molecule has 1 aliphatic heterocycles. The molecule has 1 aromatic carbocycles. The van der Waals surface area contributed by atoms with Crippen LogP contribution in [0.15, 0.2) is 30.5 Å². The Hall–Kier alpha value is -2.89. The molecule has 0 aliphatic carbocycles. The maximum Gasteiger partial charge on any atom is 0.259 e. The summed E-state index contributed by atoms with van der Waals surface area (Å²) in [6.45, 7) is 1.88. The number of pyridine rings is 1. The summed E-state index contributed by atoms with van der Waals surface area (Å²) in [5.41, 5.74) is 8.58. The third-order valence-electron chi connectivity index (χ3n) is 3.10. The third kappa shape index (κ3) is 1.97. The smallest absolute Gasteiger partial charge is 0.259 e. The van der Waals surface area contributed by atoms with E-state index in [0.717, 1.165) is 5.56 Å². The first-order valence-electron chi connectivity index (χ1n) is 6.03. The lowest BCUT2D eigenvalue weighted by atomic mass is 10.1. The number of anilines is 3. The lowest BCUT2D eigenvalue weighted by Crippen LogP contribution is -2.19. The average Bonchev–Trinajstić information content (AvgIpc) is 2.68. The predicted molar refractivity (Wildman–Crippen MR) is 74.9 cm³/mol. The van der Waals surface area contributed by atoms with Crippen LogP contribution in [0.25, 0.3) is 0 Å². The summed E-state index contributed by atoms with van der Waals surface area (Å²) in [7, 11) is 0. The molecule has 0 radical (unpaired) electrons. The van der Waals surface area contributed by atoms with Gasteiger partial charge in [0.05, 0.1) is 23.0 Å². The normalized spacial score (nSPS) is 13.1. The second kappa shape index (κ2) is 4.34. The van der Waals surface area contributed by atoms with Crippen LogP contribution < -0.4 is 16.4 Å². The number of benzene rings is 1. The summed E-state index contributed by atoms with van der Waals surface area (Å²) in [4.78, 5) is 27.3. The standard InChI is InChI=1S/C14H12N4O2/c1-7-4-8(15)6-16-12(7)17-9-2-3-10-11(5-9)14(20)18-13(10)19/h2-6H,15H2,1H3,(H,16,17)(H,18,19,20). The van der Waals surface area contributed by atoms with Crippen molar-refractivity contribution in [2.75, 3.05) is 11.1 Å². The molecular formula is C14H12N4O2. The molecule has 6 nitrogen and oxygen atoms in total. The highest BCUT2D eigenvalue weighted by Crippen LogP contribution is 2.24. The minimum Gasteiger partial charge on any atom is -0.397 e. The van der Waals surface area contributed by atoms with Gasteiger partial charge in [-0.3, -0.25) is 14.9 Å². The summed E-state index contributed by atoms with van der Waals surface area (Å²) >= 11 is 0. The number of aromatic nitrogens is 1. The van der Waals surface area contributed by atoms with Gasteiger partial charge in [-0.15, -0.1) is 0 Å². The molecule has 6 heteroatoms. The van der Waals surface area contributed by atoms with Crippen LogP contribution in [0.1, 0.15) is 26.3 Å². The van der Waals surface area contributed by atoms with Crippen LogP contribution in [0.5, 0.6) is 0 Å². The fourth-order valence-electron chi connectivity index (χ4n) is 2.11. The van der Waals surface area contributed by atoms with Crippen LogP contribution in [-0.4, -0.2) is 16.8 Å². The van der Waals surface area contributed by atoms with Gasteiger partial charge in [0, 0.05) is 5.69 Å². The summed E-state index contributed by atoms with van der Waals surface area (Å²) in [5.74, 6) is -0.0853. The quantitative estimate of drug-likeness (QED) is 0.719. The molecule has 0 spiro atoms. The monoisotopic (exact) mass is 268 g/mol. The molecule has 1 aromatic heterocycles. The molecule has 0 saturated carbocycles. The zero-order valence-electron chi connectivity index (χ0n) is 10.7. The van der Waals surface area contributed by atoms with Gasteiger partial charge in [-0.1, -0.05) is 0 Å². The minimum absolute atomic E-state index is 0.363. The Bertz CT molecular complexity index is 740. The van der Waals surface area contributed by atoms with Gasteiger partial charge in [0.25, 0.3) is 11.8 Å². The Kier molecular flexibility index (Phi) is 2.64. The zero-order valence-corrected chi connectivity index (χ0v) is 10.7. The van der Waals surface area contributed by atoms with E-state index in [1.807, 2.05) is 6.92 Å². The molecule has 2 heterocycles. The van der Waals surface area contributed by atoms with Crippen LogP contribution in [0, 0.1) is 6.92 Å². The summed E-state index contributed by atoms with van der Waals surface area (Å²) in [6, 6.07) is 6.78. The zero-order chi connectivity index (χ0) is 14.3. The first-order valence-corrected chi connectivity index (χ1v) is 6.03. The number of imide groups is 1. The molecule has 3 rings (SSSR count). The number of aryl methyl sites for hydroxylation is 1. The number of hydrogen-bond donors (Lipinski definition) is 3. The van der Waals surface area contributed by atoms with Gasteiger partial charge in [0.15, 0.2) is 0 Å². The van der Waals surface area contributed by atoms with E-state index in [1.54, 1.807) is 30.5 Å². The number of nitrogens with two attached hydrogens (primary N) is 1. The molecule has 0 saturated heterocycles. The molecule has 2 aromatic rings. The van der Waals surface area contributed by atoms with Crippen molar-refractivity contribution in [1.82, 2.24) is 10.3 Å². The number of amides is 2. The van der Waals surface area contributed by atoms with Gasteiger partial charge in [-0.05, 0) is 36.8 Å². The number of fused-ring (bicyclic) bond motifs is 1. The lowest BCUT2D eigenvalue weighted by molar-refractivity contribution is 0.0879. The number of hydrogen-bond acceptors (Lipinski definition) is 5. The number of carbonyl (C=O) groups excluding carboxylic acids is 2. The minimum atomic E-state index is -0.379. The lowest BCUT2D eigenvalue weighted by Gasteiger charge is -2.09. The van der Waals surface area contributed by atoms with Crippen molar-refractivity contribution in [3.8, 4) is 0 Å². The summed E-state index contributed by atoms with van der Waals surface area (Å²) in [6.07, 6.45) is 1.55. The van der Waals surface area contributed by atoms with Crippen LogP contribution in [0.2, 0.25) is 0 Å². The first kappa shape index (κ1) is 12.2. The molecule has 1 aliphatic rings. The van der Waals surface area contributed by atoms with Crippen LogP contribution in [-0.2, 0) is 0 Å². The Balaban J connectivity index is 1.95. The summed E-state index contributed by atoms with van der Waals surface area (Å²) < 4.78 is 0. The Morgan fingerprint density at radius 1 is 1.15 bits per heavy atom. The number of nitrogens with one attached hydrogen (secondary N) is 2. The number of nitrogen functional groups attached to an aromatic ring is 1. The third-order valence-corrected chi connectivity index (χ3v) is 3.10. The second-order valence-corrected chi connectivity index (χ2v) is 4.60. The van der Waals surface area contributed by atoms with Crippen LogP contribution in [0.4, 0.5) is 17.2 Å². The van der Waals surface area contributed by atoms with Gasteiger partial charge >= 0.3 is 0 Å². The first-order chi connectivity index (χ1) is 9.54. The highest BCUT2D eigenvalue weighted by molar-refractivity contribution is 6.21. The average molecular weight is 268 g/mol. The number of nitrogens with zero attached hydrogens (tertiary/aromatic N) is 1. The van der Waals surface area contributed by atoms with Gasteiger partial charge in [-0.25, -0.2) is 4.98 Å². The van der Waals surface area contributed by atoms with E-state index < -0.39 is 0 Å². The SMILES string of the molecule is Cc1cc(N)cnc1Nc1ccc2c(c1)C(=O)NC2=O. The predicted octanol–water partition coefficient (Wildman–Crippen LogP) is 1.60. The Labute approximate surface area is 115 Å². The molecule has 4 N–H and O–H groups in total. The van der Waals surface area contributed by atoms with E-state index in [9.17, 15) is 9.59 Å². The number of carbonyl (C=O) groups is 2. The molecule has 0 atom stereocenters. The number of rotatable bonds is 2. The molecule has 0 bridgehead atoms. The van der Waals surface area contributed by atoms with E-state index in [-0.39, 0.29) is 11.8 Å². The fourth-order valence-corrected chi connectivity index (χ4v) is 2.11. The molecule has 100 valence electrons.